The molecule has 1 aromatic rings. The van der Waals surface area contributed by atoms with Crippen molar-refractivity contribution < 1.29 is 4.79 Å². The van der Waals surface area contributed by atoms with Gasteiger partial charge in [-0.05, 0) is 24.9 Å². The van der Waals surface area contributed by atoms with Crippen molar-refractivity contribution in [3.05, 3.63) is 5.82 Å². The molecule has 1 fully saturated rings. The van der Waals surface area contributed by atoms with Gasteiger partial charge in [0.05, 0.1) is 6.04 Å². The van der Waals surface area contributed by atoms with E-state index in [4.69, 9.17) is 5.73 Å². The van der Waals surface area contributed by atoms with Crippen LogP contribution >= 0.6 is 23.3 Å². The molecule has 2 rings (SSSR count). The Kier molecular flexibility index (Phi) is 6.91. The number of aryl methyl sites for hydroxylation is 1. The van der Waals surface area contributed by atoms with Gasteiger partial charge in [-0.2, -0.15) is 16.1 Å². The number of nitrogens with zero attached hydrogens (tertiary/aromatic N) is 4. The molecule has 0 aliphatic carbocycles. The summed E-state index contributed by atoms with van der Waals surface area (Å²) in [5.41, 5.74) is 6.01. The normalized spacial score (nSPS) is 17.4. The first-order chi connectivity index (χ1) is 10.7. The summed E-state index contributed by atoms with van der Waals surface area (Å²) in [6.07, 6.45) is 4.59. The van der Waals surface area contributed by atoms with Crippen molar-refractivity contribution in [2.75, 3.05) is 43.1 Å². The molecule has 8 heteroatoms. The molecule has 0 unspecified atom stereocenters. The number of hydrogen-bond donors (Lipinski definition) is 1. The third-order valence-corrected chi connectivity index (χ3v) is 5.26. The molecule has 6 nitrogen and oxygen atoms in total. The van der Waals surface area contributed by atoms with Gasteiger partial charge in [0.15, 0.2) is 0 Å². The van der Waals surface area contributed by atoms with Crippen molar-refractivity contribution in [2.45, 2.75) is 32.2 Å². The summed E-state index contributed by atoms with van der Waals surface area (Å²) >= 11 is 3.18. The smallest absolute Gasteiger partial charge is 0.239 e. The largest absolute Gasteiger partial charge is 0.345 e. The van der Waals surface area contributed by atoms with Crippen LogP contribution in [0.3, 0.4) is 0 Å². The second-order valence-corrected chi connectivity index (χ2v) is 7.12. The summed E-state index contributed by atoms with van der Waals surface area (Å²) < 4.78 is 4.34. The molecule has 1 amide bonds. The lowest BCUT2D eigenvalue weighted by Crippen LogP contribution is -2.45. The van der Waals surface area contributed by atoms with Gasteiger partial charge in [-0.15, -0.1) is 0 Å². The number of rotatable bonds is 6. The van der Waals surface area contributed by atoms with Crippen molar-refractivity contribution in [2.24, 2.45) is 5.73 Å². The average molecular weight is 344 g/mol. The maximum Gasteiger partial charge on any atom is 0.239 e. The number of carbonyl (C=O) groups excluding carboxylic acids is 1. The summed E-state index contributed by atoms with van der Waals surface area (Å²) in [6.45, 7) is 5.28. The topological polar surface area (TPSA) is 75.4 Å². The molecule has 22 heavy (non-hydrogen) atoms. The average Bonchev–Trinajstić information content (AvgIpc) is 2.89. The Hall–Kier alpha value is -0.860. The second kappa shape index (κ2) is 8.69. The van der Waals surface area contributed by atoms with Crippen molar-refractivity contribution in [1.82, 2.24) is 14.3 Å². The number of amides is 1. The summed E-state index contributed by atoms with van der Waals surface area (Å²) in [6, 6.07) is -0.368. The van der Waals surface area contributed by atoms with Crippen molar-refractivity contribution in [3.8, 4) is 0 Å². The zero-order chi connectivity index (χ0) is 15.9. The summed E-state index contributed by atoms with van der Waals surface area (Å²) in [5, 5.41) is 0.970. The van der Waals surface area contributed by atoms with E-state index in [0.29, 0.717) is 6.54 Å². The molecular weight excluding hydrogens is 318 g/mol. The lowest BCUT2D eigenvalue weighted by Gasteiger charge is -2.24. The molecule has 1 aliphatic heterocycles. The molecule has 1 aromatic heterocycles. The molecule has 1 saturated heterocycles. The van der Waals surface area contributed by atoms with E-state index in [1.54, 1.807) is 11.8 Å². The van der Waals surface area contributed by atoms with E-state index in [2.05, 4.69) is 21.2 Å². The Balaban J connectivity index is 1.90. The van der Waals surface area contributed by atoms with E-state index in [1.807, 2.05) is 11.2 Å². The zero-order valence-corrected chi connectivity index (χ0v) is 15.0. The molecule has 1 atom stereocenters. The van der Waals surface area contributed by atoms with E-state index in [0.717, 1.165) is 55.6 Å². The molecule has 1 aliphatic rings. The lowest BCUT2D eigenvalue weighted by atomic mass is 10.2. The monoisotopic (exact) mass is 343 g/mol. The predicted octanol–water partition coefficient (Wildman–Crippen LogP) is 1.22. The minimum atomic E-state index is -0.368. The Labute approximate surface area is 140 Å². The number of carbonyl (C=O) groups is 1. The maximum atomic E-state index is 12.4. The molecular formula is C14H25N5OS2. The number of thioether (sulfide) groups is 1. The summed E-state index contributed by atoms with van der Waals surface area (Å²) in [5.74, 6) is 1.91. The van der Waals surface area contributed by atoms with E-state index in [9.17, 15) is 4.79 Å². The van der Waals surface area contributed by atoms with Crippen LogP contribution in [0.4, 0.5) is 5.13 Å². The van der Waals surface area contributed by atoms with Crippen molar-refractivity contribution >= 4 is 34.3 Å². The fourth-order valence-corrected chi connectivity index (χ4v) is 3.74. The van der Waals surface area contributed by atoms with Crippen LogP contribution in [-0.4, -0.2) is 64.4 Å². The van der Waals surface area contributed by atoms with Gasteiger partial charge in [0.2, 0.25) is 11.0 Å². The third-order valence-electron chi connectivity index (χ3n) is 3.80. The van der Waals surface area contributed by atoms with Crippen LogP contribution < -0.4 is 10.6 Å². The molecule has 2 N–H and O–H groups in total. The Morgan fingerprint density at radius 1 is 1.41 bits per heavy atom. The Morgan fingerprint density at radius 3 is 2.91 bits per heavy atom. The van der Waals surface area contributed by atoms with Crippen LogP contribution in [0, 0.1) is 0 Å². The van der Waals surface area contributed by atoms with Crippen LogP contribution in [0.5, 0.6) is 0 Å². The highest BCUT2D eigenvalue weighted by molar-refractivity contribution is 7.98. The van der Waals surface area contributed by atoms with Crippen molar-refractivity contribution in [3.63, 3.8) is 0 Å². The Bertz CT molecular complexity index is 482. The Morgan fingerprint density at radius 2 is 2.23 bits per heavy atom. The first-order valence-corrected chi connectivity index (χ1v) is 9.93. The summed E-state index contributed by atoms with van der Waals surface area (Å²) in [4.78, 5) is 21.1. The van der Waals surface area contributed by atoms with E-state index < -0.39 is 0 Å². The van der Waals surface area contributed by atoms with Gasteiger partial charge >= 0.3 is 0 Å². The van der Waals surface area contributed by atoms with Crippen LogP contribution in [-0.2, 0) is 11.2 Å². The molecule has 0 radical (unpaired) electrons. The van der Waals surface area contributed by atoms with Crippen LogP contribution in [0.15, 0.2) is 0 Å². The molecule has 0 bridgehead atoms. The van der Waals surface area contributed by atoms with Crippen LogP contribution in [0.1, 0.15) is 25.6 Å². The summed E-state index contributed by atoms with van der Waals surface area (Å²) in [7, 11) is 0. The highest BCUT2D eigenvalue weighted by atomic mass is 32.2. The van der Waals surface area contributed by atoms with Gasteiger partial charge in [-0.1, -0.05) is 6.92 Å². The molecule has 0 spiro atoms. The highest BCUT2D eigenvalue weighted by Crippen LogP contribution is 2.19. The highest BCUT2D eigenvalue weighted by Gasteiger charge is 2.24. The second-order valence-electron chi connectivity index (χ2n) is 5.40. The lowest BCUT2D eigenvalue weighted by molar-refractivity contribution is -0.132. The molecule has 0 saturated carbocycles. The van der Waals surface area contributed by atoms with Gasteiger partial charge < -0.3 is 15.5 Å². The van der Waals surface area contributed by atoms with E-state index in [-0.39, 0.29) is 11.9 Å². The number of hydrogen-bond acceptors (Lipinski definition) is 7. The predicted molar refractivity (Wildman–Crippen MR) is 93.7 cm³/mol. The molecule has 0 aromatic carbocycles. The first-order valence-electron chi connectivity index (χ1n) is 7.76. The zero-order valence-electron chi connectivity index (χ0n) is 13.3. The standard InChI is InChI=1S/C14H25N5OS2/c1-3-12-16-14(22-17-12)19-7-4-6-18(8-9-19)13(20)11(15)5-10-21-2/h11H,3-10,15H2,1-2H3/t11-/m0/s1. The quantitative estimate of drug-likeness (QED) is 0.837. The fraction of sp³-hybridized carbons (Fsp3) is 0.786. The number of nitrogens with two attached hydrogens (primary N) is 1. The number of aromatic nitrogens is 2. The van der Waals surface area contributed by atoms with Gasteiger partial charge in [0, 0.05) is 44.1 Å². The van der Waals surface area contributed by atoms with E-state index >= 15 is 0 Å². The minimum Gasteiger partial charge on any atom is -0.345 e. The number of anilines is 1. The fourth-order valence-electron chi connectivity index (χ4n) is 2.45. The van der Waals surface area contributed by atoms with Gasteiger partial charge in [0.1, 0.15) is 5.82 Å². The van der Waals surface area contributed by atoms with Crippen LogP contribution in [0.25, 0.3) is 0 Å². The van der Waals surface area contributed by atoms with Gasteiger partial charge in [-0.25, -0.2) is 4.98 Å². The van der Waals surface area contributed by atoms with Gasteiger partial charge in [-0.3, -0.25) is 4.79 Å². The van der Waals surface area contributed by atoms with E-state index in [1.165, 1.54) is 11.5 Å². The van der Waals surface area contributed by atoms with Crippen molar-refractivity contribution in [1.29, 1.82) is 0 Å². The molecule has 2 heterocycles. The SMILES string of the molecule is CCc1nsc(N2CCCN(C(=O)[C@@H](N)CCSC)CC2)n1. The molecule has 124 valence electrons. The minimum absolute atomic E-state index is 0.0856. The third kappa shape index (κ3) is 4.57. The van der Waals surface area contributed by atoms with Crippen LogP contribution in [0.2, 0.25) is 0 Å². The maximum absolute atomic E-state index is 12.4. The first kappa shape index (κ1) is 17.5. The van der Waals surface area contributed by atoms with Gasteiger partial charge in [0.25, 0.3) is 0 Å².